The number of halogens is 4. The number of hydrogen-bond acceptors (Lipinski definition) is 2. The van der Waals surface area contributed by atoms with E-state index in [4.69, 9.17) is 0 Å². The first kappa shape index (κ1) is 15.2. The van der Waals surface area contributed by atoms with Gasteiger partial charge in [-0.05, 0) is 19.4 Å². The minimum absolute atomic E-state index is 0.109. The summed E-state index contributed by atoms with van der Waals surface area (Å²) in [7, 11) is 0. The van der Waals surface area contributed by atoms with E-state index in [1.165, 1.54) is 0 Å². The number of hydrogen-bond donors (Lipinski definition) is 1. The van der Waals surface area contributed by atoms with Gasteiger partial charge in [0.05, 0.1) is 6.61 Å². The third-order valence-corrected chi connectivity index (χ3v) is 2.24. The van der Waals surface area contributed by atoms with Crippen LogP contribution in [0.2, 0.25) is 0 Å². The third-order valence-electron chi connectivity index (χ3n) is 1.68. The standard InChI is InChI=1S/C9H17BrF3NO/c10-4-2-1-3-5-14-6-7-15-8-9(11,12)13/h14H,1-8H2. The van der Waals surface area contributed by atoms with E-state index in [2.05, 4.69) is 26.0 Å². The van der Waals surface area contributed by atoms with Crippen LogP contribution in [-0.4, -0.2) is 37.8 Å². The van der Waals surface area contributed by atoms with Gasteiger partial charge in [0.15, 0.2) is 0 Å². The average molecular weight is 292 g/mol. The van der Waals surface area contributed by atoms with Crippen molar-refractivity contribution in [3.63, 3.8) is 0 Å². The van der Waals surface area contributed by atoms with Gasteiger partial charge >= 0.3 is 6.18 Å². The lowest BCUT2D eigenvalue weighted by molar-refractivity contribution is -0.173. The van der Waals surface area contributed by atoms with Crippen LogP contribution in [0.3, 0.4) is 0 Å². The summed E-state index contributed by atoms with van der Waals surface area (Å²) in [5.74, 6) is 0. The maximum Gasteiger partial charge on any atom is 0.411 e. The Kier molecular flexibility index (Phi) is 9.54. The monoisotopic (exact) mass is 291 g/mol. The van der Waals surface area contributed by atoms with Crippen molar-refractivity contribution in [1.82, 2.24) is 5.32 Å². The molecule has 0 spiro atoms. The summed E-state index contributed by atoms with van der Waals surface area (Å²) in [5.41, 5.74) is 0. The summed E-state index contributed by atoms with van der Waals surface area (Å²) in [6.45, 7) is 0.267. The van der Waals surface area contributed by atoms with Crippen molar-refractivity contribution in [2.24, 2.45) is 0 Å². The van der Waals surface area contributed by atoms with Crippen LogP contribution in [0.1, 0.15) is 19.3 Å². The van der Waals surface area contributed by atoms with E-state index in [0.717, 1.165) is 31.1 Å². The molecule has 0 amide bonds. The Morgan fingerprint density at radius 3 is 2.40 bits per heavy atom. The molecule has 0 aliphatic carbocycles. The number of unbranched alkanes of at least 4 members (excludes halogenated alkanes) is 2. The molecule has 2 nitrogen and oxygen atoms in total. The molecule has 0 bridgehead atoms. The van der Waals surface area contributed by atoms with Crippen LogP contribution in [0.15, 0.2) is 0 Å². The molecule has 0 aliphatic rings. The first-order valence-corrected chi connectivity index (χ1v) is 6.09. The van der Waals surface area contributed by atoms with E-state index >= 15 is 0 Å². The molecular weight excluding hydrogens is 275 g/mol. The van der Waals surface area contributed by atoms with Crippen LogP contribution in [0.5, 0.6) is 0 Å². The van der Waals surface area contributed by atoms with Gasteiger partial charge in [-0.2, -0.15) is 13.2 Å². The summed E-state index contributed by atoms with van der Waals surface area (Å²) in [6.07, 6.45) is -0.908. The molecule has 0 fully saturated rings. The zero-order valence-corrected chi connectivity index (χ0v) is 10.2. The lowest BCUT2D eigenvalue weighted by atomic mass is 10.2. The average Bonchev–Trinajstić information content (AvgIpc) is 2.14. The number of alkyl halides is 4. The van der Waals surface area contributed by atoms with Crippen molar-refractivity contribution in [2.45, 2.75) is 25.4 Å². The molecule has 0 aromatic rings. The topological polar surface area (TPSA) is 21.3 Å². The van der Waals surface area contributed by atoms with E-state index in [1.807, 2.05) is 0 Å². The Hall–Kier alpha value is 0.190. The van der Waals surface area contributed by atoms with Crippen LogP contribution in [0, 0.1) is 0 Å². The van der Waals surface area contributed by atoms with Crippen LogP contribution in [0.25, 0.3) is 0 Å². The second-order valence-corrected chi connectivity index (χ2v) is 3.96. The van der Waals surface area contributed by atoms with Crippen LogP contribution in [-0.2, 0) is 4.74 Å². The minimum Gasteiger partial charge on any atom is -0.371 e. The van der Waals surface area contributed by atoms with Crippen LogP contribution >= 0.6 is 15.9 Å². The molecule has 1 N–H and O–H groups in total. The molecule has 0 saturated carbocycles. The summed E-state index contributed by atoms with van der Waals surface area (Å²) >= 11 is 3.32. The van der Waals surface area contributed by atoms with Crippen molar-refractivity contribution in [1.29, 1.82) is 0 Å². The predicted molar refractivity (Wildman–Crippen MR) is 57.4 cm³/mol. The largest absolute Gasteiger partial charge is 0.411 e. The quantitative estimate of drug-likeness (QED) is 0.521. The fraction of sp³-hybridized carbons (Fsp3) is 1.00. The number of ether oxygens (including phenoxy) is 1. The van der Waals surface area contributed by atoms with E-state index in [-0.39, 0.29) is 6.61 Å². The van der Waals surface area contributed by atoms with Crippen molar-refractivity contribution in [3.8, 4) is 0 Å². The summed E-state index contributed by atoms with van der Waals surface area (Å²) in [6, 6.07) is 0. The van der Waals surface area contributed by atoms with E-state index in [1.54, 1.807) is 0 Å². The maximum absolute atomic E-state index is 11.6. The maximum atomic E-state index is 11.6. The lowest BCUT2D eigenvalue weighted by Crippen LogP contribution is -2.24. The van der Waals surface area contributed by atoms with Gasteiger partial charge in [0.2, 0.25) is 0 Å². The Morgan fingerprint density at radius 2 is 1.80 bits per heavy atom. The molecule has 0 aliphatic heterocycles. The molecule has 0 aromatic heterocycles. The zero-order chi connectivity index (χ0) is 11.6. The summed E-state index contributed by atoms with van der Waals surface area (Å²) in [5, 5.41) is 4.02. The molecule has 0 rings (SSSR count). The van der Waals surface area contributed by atoms with Gasteiger partial charge in [0.1, 0.15) is 6.61 Å². The van der Waals surface area contributed by atoms with Crippen molar-refractivity contribution < 1.29 is 17.9 Å². The van der Waals surface area contributed by atoms with E-state index < -0.39 is 12.8 Å². The van der Waals surface area contributed by atoms with Gasteiger partial charge < -0.3 is 10.1 Å². The Bertz CT molecular complexity index is 144. The highest BCUT2D eigenvalue weighted by Crippen LogP contribution is 2.13. The van der Waals surface area contributed by atoms with E-state index in [0.29, 0.717) is 6.54 Å². The molecule has 0 heterocycles. The van der Waals surface area contributed by atoms with Crippen molar-refractivity contribution in [2.75, 3.05) is 31.6 Å². The van der Waals surface area contributed by atoms with Crippen LogP contribution < -0.4 is 5.32 Å². The predicted octanol–water partition coefficient (Wildman–Crippen LogP) is 2.72. The fourth-order valence-corrected chi connectivity index (χ4v) is 1.38. The summed E-state index contributed by atoms with van der Waals surface area (Å²) < 4.78 is 39.3. The third kappa shape index (κ3) is 14.2. The van der Waals surface area contributed by atoms with Gasteiger partial charge in [0, 0.05) is 11.9 Å². The first-order chi connectivity index (χ1) is 7.06. The number of rotatable bonds is 9. The summed E-state index contributed by atoms with van der Waals surface area (Å²) in [4.78, 5) is 0. The SMILES string of the molecule is FC(F)(F)COCCNCCCCCBr. The van der Waals surface area contributed by atoms with Crippen molar-refractivity contribution in [3.05, 3.63) is 0 Å². The highest BCUT2D eigenvalue weighted by atomic mass is 79.9. The minimum atomic E-state index is -4.21. The highest BCUT2D eigenvalue weighted by molar-refractivity contribution is 9.09. The zero-order valence-electron chi connectivity index (χ0n) is 8.58. The second kappa shape index (κ2) is 9.42. The van der Waals surface area contributed by atoms with Crippen molar-refractivity contribution >= 4 is 15.9 Å². The Morgan fingerprint density at radius 1 is 1.07 bits per heavy atom. The molecule has 0 atom stereocenters. The Labute approximate surface area is 96.7 Å². The van der Waals surface area contributed by atoms with Gasteiger partial charge in [-0.3, -0.25) is 0 Å². The van der Waals surface area contributed by atoms with E-state index in [9.17, 15) is 13.2 Å². The van der Waals surface area contributed by atoms with Gasteiger partial charge in [-0.25, -0.2) is 0 Å². The Balaban J connectivity index is 2.99. The lowest BCUT2D eigenvalue weighted by Gasteiger charge is -2.08. The van der Waals surface area contributed by atoms with Gasteiger partial charge in [0.25, 0.3) is 0 Å². The molecular formula is C9H17BrF3NO. The van der Waals surface area contributed by atoms with Gasteiger partial charge in [-0.1, -0.05) is 22.4 Å². The second-order valence-electron chi connectivity index (χ2n) is 3.17. The molecule has 0 unspecified atom stereocenters. The number of nitrogens with one attached hydrogen (secondary N) is 1. The molecule has 0 aromatic carbocycles. The molecule has 15 heavy (non-hydrogen) atoms. The molecule has 0 saturated heterocycles. The molecule has 6 heteroatoms. The van der Waals surface area contributed by atoms with Gasteiger partial charge in [-0.15, -0.1) is 0 Å². The first-order valence-electron chi connectivity index (χ1n) is 4.97. The highest BCUT2D eigenvalue weighted by Gasteiger charge is 2.26. The normalized spacial score (nSPS) is 12.0. The molecule has 0 radical (unpaired) electrons. The smallest absolute Gasteiger partial charge is 0.371 e. The van der Waals surface area contributed by atoms with Crippen LogP contribution in [0.4, 0.5) is 13.2 Å². The molecule has 92 valence electrons. The fourth-order valence-electron chi connectivity index (χ4n) is 0.979.